The van der Waals surface area contributed by atoms with E-state index >= 15 is 0 Å². The highest BCUT2D eigenvalue weighted by molar-refractivity contribution is 5.95. The fraction of sp³-hybridized carbons (Fsp3) is 0.417. The third-order valence-electron chi connectivity index (χ3n) is 2.87. The minimum Gasteiger partial charge on any atom is -0.478 e. The van der Waals surface area contributed by atoms with Gasteiger partial charge in [0.15, 0.2) is 0 Å². The second-order valence-electron chi connectivity index (χ2n) is 4.18. The van der Waals surface area contributed by atoms with E-state index in [1.807, 2.05) is 6.92 Å². The number of ether oxygens (including phenoxy) is 1. The third kappa shape index (κ3) is 3.41. The van der Waals surface area contributed by atoms with Crippen LogP contribution < -0.4 is 4.90 Å². The summed E-state index contributed by atoms with van der Waals surface area (Å²) in [4.78, 5) is 23.0. The standard InChI is InChI=1S/C12H16N2O5/c1-8(7-19-3)13(2)11-5-4-9(14(17)18)6-10(11)12(15)16/h4-6,8H,7H2,1-3H3,(H,15,16). The number of anilines is 1. The number of carboxylic acids is 1. The van der Waals surface area contributed by atoms with Gasteiger partial charge in [-0.05, 0) is 13.0 Å². The minimum absolute atomic E-state index is 0.0513. The molecule has 0 saturated heterocycles. The summed E-state index contributed by atoms with van der Waals surface area (Å²) in [6.07, 6.45) is 0. The van der Waals surface area contributed by atoms with E-state index in [2.05, 4.69) is 0 Å². The Balaban J connectivity index is 3.20. The number of aromatic carboxylic acids is 1. The average Bonchev–Trinajstić information content (AvgIpc) is 2.37. The van der Waals surface area contributed by atoms with Crippen molar-refractivity contribution in [3.8, 4) is 0 Å². The first kappa shape index (κ1) is 14.9. The fourth-order valence-corrected chi connectivity index (χ4v) is 1.71. The second-order valence-corrected chi connectivity index (χ2v) is 4.18. The molecule has 0 spiro atoms. The van der Waals surface area contributed by atoms with E-state index in [0.29, 0.717) is 12.3 Å². The largest absolute Gasteiger partial charge is 0.478 e. The van der Waals surface area contributed by atoms with Gasteiger partial charge < -0.3 is 14.7 Å². The molecule has 0 bridgehead atoms. The normalized spacial score (nSPS) is 11.9. The van der Waals surface area contributed by atoms with Gasteiger partial charge in [0.2, 0.25) is 0 Å². The van der Waals surface area contributed by atoms with E-state index < -0.39 is 10.9 Å². The molecule has 0 heterocycles. The number of likely N-dealkylation sites (N-methyl/N-ethyl adjacent to an activating group) is 1. The zero-order chi connectivity index (χ0) is 14.6. The van der Waals surface area contributed by atoms with Crippen molar-refractivity contribution < 1.29 is 19.6 Å². The molecule has 0 aromatic heterocycles. The predicted molar refractivity (Wildman–Crippen MR) is 69.8 cm³/mol. The summed E-state index contributed by atoms with van der Waals surface area (Å²) >= 11 is 0. The van der Waals surface area contributed by atoms with Crippen molar-refractivity contribution in [2.45, 2.75) is 13.0 Å². The van der Waals surface area contributed by atoms with E-state index in [0.717, 1.165) is 6.07 Å². The lowest BCUT2D eigenvalue weighted by atomic mass is 10.1. The molecule has 104 valence electrons. The van der Waals surface area contributed by atoms with Crippen LogP contribution in [0.3, 0.4) is 0 Å². The number of methoxy groups -OCH3 is 1. The Hall–Kier alpha value is -2.15. The number of nitro groups is 1. The topological polar surface area (TPSA) is 92.9 Å². The van der Waals surface area contributed by atoms with E-state index in [1.54, 1.807) is 19.1 Å². The number of rotatable bonds is 6. The van der Waals surface area contributed by atoms with Crippen LogP contribution in [0.2, 0.25) is 0 Å². The van der Waals surface area contributed by atoms with Gasteiger partial charge in [-0.2, -0.15) is 0 Å². The van der Waals surface area contributed by atoms with Gasteiger partial charge in [-0.3, -0.25) is 10.1 Å². The minimum atomic E-state index is -1.20. The van der Waals surface area contributed by atoms with Crippen molar-refractivity contribution in [1.29, 1.82) is 0 Å². The molecule has 0 aliphatic carbocycles. The number of nitrogens with zero attached hydrogens (tertiary/aromatic N) is 2. The Morgan fingerprint density at radius 3 is 2.68 bits per heavy atom. The highest BCUT2D eigenvalue weighted by atomic mass is 16.6. The summed E-state index contributed by atoms with van der Waals surface area (Å²) in [7, 11) is 3.27. The molecular formula is C12H16N2O5. The molecule has 0 saturated carbocycles. The first-order valence-electron chi connectivity index (χ1n) is 5.62. The maximum Gasteiger partial charge on any atom is 0.338 e. The highest BCUT2D eigenvalue weighted by Gasteiger charge is 2.20. The van der Waals surface area contributed by atoms with Crippen molar-refractivity contribution in [3.05, 3.63) is 33.9 Å². The summed E-state index contributed by atoms with van der Waals surface area (Å²) in [5.41, 5.74) is 0.0799. The zero-order valence-electron chi connectivity index (χ0n) is 11.0. The van der Waals surface area contributed by atoms with Crippen molar-refractivity contribution in [1.82, 2.24) is 0 Å². The Morgan fingerprint density at radius 1 is 1.58 bits per heavy atom. The molecule has 1 rings (SSSR count). The van der Waals surface area contributed by atoms with Gasteiger partial charge in [0.05, 0.1) is 22.8 Å². The predicted octanol–water partition coefficient (Wildman–Crippen LogP) is 1.76. The molecule has 19 heavy (non-hydrogen) atoms. The van der Waals surface area contributed by atoms with Crippen molar-refractivity contribution in [2.75, 3.05) is 25.7 Å². The molecule has 1 aromatic rings. The molecule has 0 aliphatic rings. The number of hydrogen-bond donors (Lipinski definition) is 1. The molecule has 1 aromatic carbocycles. The van der Waals surface area contributed by atoms with Crippen LogP contribution in [-0.4, -0.2) is 42.8 Å². The van der Waals surface area contributed by atoms with Crippen molar-refractivity contribution in [3.63, 3.8) is 0 Å². The molecule has 1 unspecified atom stereocenters. The van der Waals surface area contributed by atoms with Crippen LogP contribution in [0.1, 0.15) is 17.3 Å². The van der Waals surface area contributed by atoms with Crippen LogP contribution in [0.4, 0.5) is 11.4 Å². The number of nitro benzene ring substituents is 1. The van der Waals surface area contributed by atoms with E-state index in [1.165, 1.54) is 12.1 Å². The lowest BCUT2D eigenvalue weighted by Crippen LogP contribution is -2.33. The van der Waals surface area contributed by atoms with Crippen molar-refractivity contribution in [2.24, 2.45) is 0 Å². The Labute approximate surface area is 110 Å². The molecule has 1 atom stereocenters. The van der Waals surface area contributed by atoms with Crippen molar-refractivity contribution >= 4 is 17.3 Å². The molecule has 0 aliphatic heterocycles. The number of hydrogen-bond acceptors (Lipinski definition) is 5. The first-order valence-corrected chi connectivity index (χ1v) is 5.62. The molecule has 7 nitrogen and oxygen atoms in total. The van der Waals surface area contributed by atoms with Crippen LogP contribution in [-0.2, 0) is 4.74 Å². The highest BCUT2D eigenvalue weighted by Crippen LogP contribution is 2.26. The summed E-state index contributed by atoms with van der Waals surface area (Å²) in [6.45, 7) is 2.29. The SMILES string of the molecule is COCC(C)N(C)c1ccc([N+](=O)[O-])cc1C(=O)O. The van der Waals surface area contributed by atoms with Gasteiger partial charge >= 0.3 is 5.97 Å². The first-order chi connectivity index (χ1) is 8.88. The number of non-ortho nitro benzene ring substituents is 1. The summed E-state index contributed by atoms with van der Waals surface area (Å²) in [6, 6.07) is 3.74. The van der Waals surface area contributed by atoms with Gasteiger partial charge in [-0.15, -0.1) is 0 Å². The third-order valence-corrected chi connectivity index (χ3v) is 2.87. The van der Waals surface area contributed by atoms with Crippen LogP contribution in [0.25, 0.3) is 0 Å². The van der Waals surface area contributed by atoms with Crippen LogP contribution in [0.5, 0.6) is 0 Å². The van der Waals surface area contributed by atoms with Gasteiger partial charge in [0.1, 0.15) is 0 Å². The van der Waals surface area contributed by atoms with Gasteiger partial charge in [-0.1, -0.05) is 0 Å². The second kappa shape index (κ2) is 6.14. The van der Waals surface area contributed by atoms with Crippen LogP contribution >= 0.6 is 0 Å². The summed E-state index contributed by atoms with van der Waals surface area (Å²) in [5, 5.41) is 19.8. The molecule has 7 heteroatoms. The number of benzene rings is 1. The molecule has 0 amide bonds. The number of carboxylic acid groups (broad SMARTS) is 1. The van der Waals surface area contributed by atoms with Gasteiger partial charge in [0, 0.05) is 32.3 Å². The summed E-state index contributed by atoms with van der Waals surface area (Å²) in [5.74, 6) is -1.20. The lowest BCUT2D eigenvalue weighted by Gasteiger charge is -2.27. The quantitative estimate of drug-likeness (QED) is 0.624. The smallest absolute Gasteiger partial charge is 0.338 e. The van der Waals surface area contributed by atoms with Gasteiger partial charge in [-0.25, -0.2) is 4.79 Å². The maximum absolute atomic E-state index is 11.2. The molecule has 0 radical (unpaired) electrons. The van der Waals surface area contributed by atoms with Crippen LogP contribution in [0.15, 0.2) is 18.2 Å². The monoisotopic (exact) mass is 268 g/mol. The van der Waals surface area contributed by atoms with Crippen LogP contribution in [0, 0.1) is 10.1 Å². The Kier molecular flexibility index (Phi) is 4.82. The maximum atomic E-state index is 11.2. The average molecular weight is 268 g/mol. The molecule has 0 fully saturated rings. The number of carbonyl (C=O) groups is 1. The van der Waals surface area contributed by atoms with E-state index in [9.17, 15) is 14.9 Å². The zero-order valence-corrected chi connectivity index (χ0v) is 11.0. The molecule has 1 N–H and O–H groups in total. The molecular weight excluding hydrogens is 252 g/mol. The Morgan fingerprint density at radius 2 is 2.21 bits per heavy atom. The van der Waals surface area contributed by atoms with Gasteiger partial charge in [0.25, 0.3) is 5.69 Å². The summed E-state index contributed by atoms with van der Waals surface area (Å²) < 4.78 is 5.01. The fourth-order valence-electron chi connectivity index (χ4n) is 1.71. The van der Waals surface area contributed by atoms with E-state index in [-0.39, 0.29) is 17.3 Å². The van der Waals surface area contributed by atoms with E-state index in [4.69, 9.17) is 9.84 Å². The Bertz CT molecular complexity index is 489. The lowest BCUT2D eigenvalue weighted by molar-refractivity contribution is -0.384.